The molecule has 2 aromatic rings. The van der Waals surface area contributed by atoms with E-state index in [-0.39, 0.29) is 0 Å². The van der Waals surface area contributed by atoms with Crippen molar-refractivity contribution in [3.05, 3.63) is 24.4 Å². The van der Waals surface area contributed by atoms with Crippen molar-refractivity contribution in [3.63, 3.8) is 0 Å². The Morgan fingerprint density at radius 2 is 2.40 bits per heavy atom. The van der Waals surface area contributed by atoms with Crippen molar-refractivity contribution in [3.8, 4) is 0 Å². The Kier molecular flexibility index (Phi) is 0.974. The zero-order valence-corrected chi connectivity index (χ0v) is 5.53. The molecule has 10 heavy (non-hydrogen) atoms. The molecule has 2 aromatic heterocycles. The predicted molar refractivity (Wildman–Crippen MR) is 36.5 cm³/mol. The molecule has 3 nitrogen and oxygen atoms in total. The summed E-state index contributed by atoms with van der Waals surface area (Å²) in [5.41, 5.74) is 2.70. The number of rotatable bonds is 0. The third-order valence-corrected chi connectivity index (χ3v) is 1.41. The average molecular weight is 134 g/mol. The molecule has 0 radical (unpaired) electrons. The van der Waals surface area contributed by atoms with E-state index in [1.54, 1.807) is 12.5 Å². The maximum absolute atomic E-state index is 5.12. The van der Waals surface area contributed by atoms with Crippen LogP contribution >= 0.6 is 0 Å². The Labute approximate surface area is 57.7 Å². The lowest BCUT2D eigenvalue weighted by molar-refractivity contribution is 0.611. The van der Waals surface area contributed by atoms with Crippen LogP contribution in [0.25, 0.3) is 11.1 Å². The van der Waals surface area contributed by atoms with Crippen LogP contribution in [0.3, 0.4) is 0 Å². The molecule has 2 heterocycles. The molecule has 3 heteroatoms. The number of aromatic nitrogens is 2. The molecule has 0 saturated heterocycles. The fourth-order valence-corrected chi connectivity index (χ4v) is 0.907. The van der Waals surface area contributed by atoms with Gasteiger partial charge in [0, 0.05) is 5.56 Å². The first-order chi connectivity index (χ1) is 4.88. The lowest BCUT2D eigenvalue weighted by atomic mass is 10.3. The van der Waals surface area contributed by atoms with Gasteiger partial charge in [-0.3, -0.25) is 0 Å². The zero-order chi connectivity index (χ0) is 6.97. The average Bonchev–Trinajstić information content (AvgIpc) is 2.34. The summed E-state index contributed by atoms with van der Waals surface area (Å²) < 4.78 is 5.12. The van der Waals surface area contributed by atoms with Crippen molar-refractivity contribution >= 4 is 11.1 Å². The molecular weight excluding hydrogens is 128 g/mol. The van der Waals surface area contributed by atoms with Crippen molar-refractivity contribution in [1.82, 2.24) is 9.97 Å². The molecule has 0 bridgehead atoms. The molecule has 0 aliphatic carbocycles. The van der Waals surface area contributed by atoms with Gasteiger partial charge in [0.25, 0.3) is 0 Å². The first-order valence-electron chi connectivity index (χ1n) is 3.02. The molecule has 0 saturated carbocycles. The fourth-order valence-electron chi connectivity index (χ4n) is 0.907. The Hall–Kier alpha value is -1.38. The molecule has 0 aliphatic rings. The Morgan fingerprint density at radius 1 is 1.50 bits per heavy atom. The third kappa shape index (κ3) is 0.603. The normalized spacial score (nSPS) is 10.5. The lowest BCUT2D eigenvalue weighted by Crippen LogP contribution is -1.76. The minimum Gasteiger partial charge on any atom is -0.461 e. The molecule has 2 rings (SSSR count). The predicted octanol–water partition coefficient (Wildman–Crippen LogP) is 1.53. The van der Waals surface area contributed by atoms with E-state index in [0.717, 1.165) is 16.7 Å². The number of fused-ring (bicyclic) bond motifs is 1. The summed E-state index contributed by atoms with van der Waals surface area (Å²) in [4.78, 5) is 7.86. The van der Waals surface area contributed by atoms with E-state index in [0.29, 0.717) is 0 Å². The second kappa shape index (κ2) is 1.80. The molecule has 0 N–H and O–H groups in total. The first-order valence-corrected chi connectivity index (χ1v) is 3.02. The van der Waals surface area contributed by atoms with Crippen LogP contribution in [0.15, 0.2) is 23.2 Å². The molecule has 0 atom stereocenters. The molecular formula is C7H6N2O. The van der Waals surface area contributed by atoms with Crippen LogP contribution in [-0.4, -0.2) is 9.97 Å². The van der Waals surface area contributed by atoms with Gasteiger partial charge in [0.2, 0.25) is 0 Å². The summed E-state index contributed by atoms with van der Waals surface area (Å²) in [6, 6.07) is 0. The maximum Gasteiger partial charge on any atom is 0.170 e. The van der Waals surface area contributed by atoms with Crippen LogP contribution < -0.4 is 0 Å². The monoisotopic (exact) mass is 134 g/mol. The smallest absolute Gasteiger partial charge is 0.170 e. The third-order valence-electron chi connectivity index (χ3n) is 1.41. The molecule has 0 fully saturated rings. The Morgan fingerprint density at radius 3 is 3.20 bits per heavy atom. The van der Waals surface area contributed by atoms with Crippen molar-refractivity contribution in [2.45, 2.75) is 6.92 Å². The van der Waals surface area contributed by atoms with Gasteiger partial charge in [-0.1, -0.05) is 0 Å². The van der Waals surface area contributed by atoms with E-state index in [1.807, 2.05) is 6.92 Å². The van der Waals surface area contributed by atoms with E-state index in [2.05, 4.69) is 9.97 Å². The van der Waals surface area contributed by atoms with Crippen molar-refractivity contribution in [2.24, 2.45) is 0 Å². The van der Waals surface area contributed by atoms with Crippen LogP contribution in [-0.2, 0) is 0 Å². The SMILES string of the molecule is Cc1coc2cncnc12. The lowest BCUT2D eigenvalue weighted by Gasteiger charge is -1.83. The maximum atomic E-state index is 5.12. The molecule has 50 valence electrons. The summed E-state index contributed by atoms with van der Waals surface area (Å²) in [6.45, 7) is 1.96. The number of nitrogens with zero attached hydrogens (tertiary/aromatic N) is 2. The molecule has 0 amide bonds. The summed E-state index contributed by atoms with van der Waals surface area (Å²) in [7, 11) is 0. The van der Waals surface area contributed by atoms with Crippen LogP contribution in [0.1, 0.15) is 5.56 Å². The van der Waals surface area contributed by atoms with Crippen LogP contribution in [0, 0.1) is 6.92 Å². The van der Waals surface area contributed by atoms with Gasteiger partial charge in [0.05, 0.1) is 12.5 Å². The largest absolute Gasteiger partial charge is 0.461 e. The summed E-state index contributed by atoms with van der Waals surface area (Å²) in [6.07, 6.45) is 4.86. The van der Waals surface area contributed by atoms with Crippen molar-refractivity contribution in [2.75, 3.05) is 0 Å². The molecule has 0 unspecified atom stereocenters. The quantitative estimate of drug-likeness (QED) is 0.548. The van der Waals surface area contributed by atoms with E-state index in [4.69, 9.17) is 4.42 Å². The summed E-state index contributed by atoms with van der Waals surface area (Å²) >= 11 is 0. The van der Waals surface area contributed by atoms with Crippen LogP contribution in [0.5, 0.6) is 0 Å². The summed E-state index contributed by atoms with van der Waals surface area (Å²) in [5, 5.41) is 0. The summed E-state index contributed by atoms with van der Waals surface area (Å²) in [5.74, 6) is 0. The van der Waals surface area contributed by atoms with Crippen LogP contribution in [0.4, 0.5) is 0 Å². The zero-order valence-electron chi connectivity index (χ0n) is 5.53. The second-order valence-electron chi connectivity index (χ2n) is 2.15. The highest BCUT2D eigenvalue weighted by Gasteiger charge is 1.99. The first kappa shape index (κ1) is 5.41. The second-order valence-corrected chi connectivity index (χ2v) is 2.15. The van der Waals surface area contributed by atoms with Gasteiger partial charge in [-0.25, -0.2) is 9.97 Å². The molecule has 0 aliphatic heterocycles. The van der Waals surface area contributed by atoms with E-state index in [9.17, 15) is 0 Å². The Bertz CT molecular complexity index is 353. The van der Waals surface area contributed by atoms with Gasteiger partial charge >= 0.3 is 0 Å². The fraction of sp³-hybridized carbons (Fsp3) is 0.143. The van der Waals surface area contributed by atoms with Gasteiger partial charge in [-0.15, -0.1) is 0 Å². The molecule has 0 aromatic carbocycles. The van der Waals surface area contributed by atoms with Gasteiger partial charge in [0.1, 0.15) is 11.8 Å². The van der Waals surface area contributed by atoms with Gasteiger partial charge < -0.3 is 4.42 Å². The topological polar surface area (TPSA) is 38.9 Å². The minimum absolute atomic E-state index is 0.750. The van der Waals surface area contributed by atoms with E-state index >= 15 is 0 Å². The van der Waals surface area contributed by atoms with Crippen LogP contribution in [0.2, 0.25) is 0 Å². The highest BCUT2D eigenvalue weighted by Crippen LogP contribution is 2.14. The van der Waals surface area contributed by atoms with Crippen molar-refractivity contribution < 1.29 is 4.42 Å². The highest BCUT2D eigenvalue weighted by atomic mass is 16.3. The van der Waals surface area contributed by atoms with Gasteiger partial charge in [0.15, 0.2) is 5.58 Å². The number of hydrogen-bond donors (Lipinski definition) is 0. The van der Waals surface area contributed by atoms with E-state index < -0.39 is 0 Å². The minimum atomic E-state index is 0.750. The molecule has 0 spiro atoms. The van der Waals surface area contributed by atoms with Crippen molar-refractivity contribution in [1.29, 1.82) is 0 Å². The highest BCUT2D eigenvalue weighted by molar-refractivity contribution is 5.74. The number of aryl methyl sites for hydroxylation is 1. The number of hydrogen-bond acceptors (Lipinski definition) is 3. The Balaban J connectivity index is 2.93. The van der Waals surface area contributed by atoms with E-state index in [1.165, 1.54) is 6.33 Å². The van der Waals surface area contributed by atoms with Gasteiger partial charge in [-0.05, 0) is 6.92 Å². The standard InChI is InChI=1S/C7H6N2O/c1-5-3-10-6-2-8-4-9-7(5)6/h2-4H,1H3. The van der Waals surface area contributed by atoms with Gasteiger partial charge in [-0.2, -0.15) is 0 Å². The number of furan rings is 1.